The van der Waals surface area contributed by atoms with Crippen LogP contribution in [0.15, 0.2) is 17.4 Å². The number of fused-ring (bicyclic) bond motifs is 2. The van der Waals surface area contributed by atoms with Crippen molar-refractivity contribution in [2.45, 2.75) is 45.2 Å². The summed E-state index contributed by atoms with van der Waals surface area (Å²) in [7, 11) is 1.89. The number of guanidine groups is 1. The summed E-state index contributed by atoms with van der Waals surface area (Å²) >= 11 is 0. The van der Waals surface area contributed by atoms with E-state index >= 15 is 0 Å². The molecule has 1 N–H and O–H groups in total. The normalized spacial score (nSPS) is 29.1. The summed E-state index contributed by atoms with van der Waals surface area (Å²) < 4.78 is 1.99. The second-order valence-corrected chi connectivity index (χ2v) is 8.02. The van der Waals surface area contributed by atoms with Crippen molar-refractivity contribution in [1.29, 1.82) is 0 Å². The molecule has 2 bridgehead atoms. The Hall–Kier alpha value is -0.830. The number of piperazine rings is 1. The molecule has 3 atom stereocenters. The second kappa shape index (κ2) is 8.91. The number of hydrogen-bond donors (Lipinski definition) is 1. The molecule has 2 aliphatic carbocycles. The highest BCUT2D eigenvalue weighted by molar-refractivity contribution is 14.0. The van der Waals surface area contributed by atoms with Gasteiger partial charge < -0.3 is 10.2 Å². The molecule has 0 amide bonds. The highest BCUT2D eigenvalue weighted by atomic mass is 127. The van der Waals surface area contributed by atoms with Crippen LogP contribution < -0.4 is 5.32 Å². The number of nitrogens with zero attached hydrogens (tertiary/aromatic N) is 5. The topological polar surface area (TPSA) is 48.7 Å². The molecule has 0 radical (unpaired) electrons. The van der Waals surface area contributed by atoms with Crippen LogP contribution in [-0.2, 0) is 6.54 Å². The zero-order chi connectivity index (χ0) is 17.2. The molecular weight excluding hydrogens is 439 g/mol. The van der Waals surface area contributed by atoms with Gasteiger partial charge in [-0.2, -0.15) is 5.10 Å². The lowest BCUT2D eigenvalue weighted by molar-refractivity contribution is 0.0958. The Labute approximate surface area is 174 Å². The number of aliphatic imine (C=N–C) groups is 1. The standard InChI is InChI=1S/C19H32N6.HI/c1-15-13-22-25(14-15)6-5-21-19(20-2)24-9-7-23(8-10-24)18-12-16-3-4-17(18)11-16;/h13-14,16-18H,3-12H2,1-2H3,(H,20,21);1H. The maximum Gasteiger partial charge on any atom is 0.193 e. The summed E-state index contributed by atoms with van der Waals surface area (Å²) in [5, 5.41) is 7.85. The van der Waals surface area contributed by atoms with Crippen molar-refractivity contribution in [3.63, 3.8) is 0 Å². The molecule has 3 fully saturated rings. The molecule has 2 heterocycles. The van der Waals surface area contributed by atoms with E-state index in [9.17, 15) is 0 Å². The fourth-order valence-corrected chi connectivity index (χ4v) is 5.13. The Balaban J connectivity index is 0.00000196. The molecular formula is C19H33IN6. The smallest absolute Gasteiger partial charge is 0.193 e. The number of aryl methyl sites for hydroxylation is 1. The molecule has 6 nitrogen and oxygen atoms in total. The minimum atomic E-state index is 0. The second-order valence-electron chi connectivity index (χ2n) is 8.02. The molecule has 146 valence electrons. The Morgan fingerprint density at radius 3 is 2.62 bits per heavy atom. The summed E-state index contributed by atoms with van der Waals surface area (Å²) in [4.78, 5) is 9.67. The fourth-order valence-electron chi connectivity index (χ4n) is 5.13. The predicted octanol–water partition coefficient (Wildman–Crippen LogP) is 2.19. The van der Waals surface area contributed by atoms with Gasteiger partial charge in [0, 0.05) is 52.0 Å². The van der Waals surface area contributed by atoms with Gasteiger partial charge in [-0.25, -0.2) is 0 Å². The largest absolute Gasteiger partial charge is 0.354 e. The van der Waals surface area contributed by atoms with Crippen LogP contribution in [0.5, 0.6) is 0 Å². The Morgan fingerprint density at radius 1 is 1.23 bits per heavy atom. The van der Waals surface area contributed by atoms with Gasteiger partial charge in [0.05, 0.1) is 12.7 Å². The Kier molecular flexibility index (Phi) is 6.82. The molecule has 1 aromatic rings. The monoisotopic (exact) mass is 472 g/mol. The Bertz CT molecular complexity index is 607. The third-order valence-corrected chi connectivity index (χ3v) is 6.38. The summed E-state index contributed by atoms with van der Waals surface area (Å²) in [5.74, 6) is 3.07. The van der Waals surface area contributed by atoms with E-state index < -0.39 is 0 Å². The average Bonchev–Trinajstić information content (AvgIpc) is 3.36. The quantitative estimate of drug-likeness (QED) is 0.415. The predicted molar refractivity (Wildman–Crippen MR) is 116 cm³/mol. The minimum Gasteiger partial charge on any atom is -0.354 e. The van der Waals surface area contributed by atoms with Gasteiger partial charge in [-0.3, -0.25) is 14.6 Å². The molecule has 4 rings (SSSR count). The van der Waals surface area contributed by atoms with Gasteiger partial charge in [0.25, 0.3) is 0 Å². The van der Waals surface area contributed by atoms with Crippen molar-refractivity contribution in [3.05, 3.63) is 18.0 Å². The lowest BCUT2D eigenvalue weighted by Gasteiger charge is -2.41. The van der Waals surface area contributed by atoms with E-state index in [1.165, 1.54) is 44.3 Å². The van der Waals surface area contributed by atoms with Gasteiger partial charge in [-0.1, -0.05) is 6.42 Å². The molecule has 3 unspecified atom stereocenters. The van der Waals surface area contributed by atoms with E-state index in [2.05, 4.69) is 38.3 Å². The summed E-state index contributed by atoms with van der Waals surface area (Å²) in [6.07, 6.45) is 9.92. The molecule has 0 spiro atoms. The van der Waals surface area contributed by atoms with Gasteiger partial charge in [0.1, 0.15) is 0 Å². The summed E-state index contributed by atoms with van der Waals surface area (Å²) in [6.45, 7) is 8.37. The maximum absolute atomic E-state index is 4.49. The van der Waals surface area contributed by atoms with Gasteiger partial charge in [-0.05, 0) is 43.6 Å². The van der Waals surface area contributed by atoms with Crippen molar-refractivity contribution in [3.8, 4) is 0 Å². The molecule has 3 aliphatic rings. The van der Waals surface area contributed by atoms with E-state index in [0.29, 0.717) is 0 Å². The van der Waals surface area contributed by atoms with Gasteiger partial charge in [0.2, 0.25) is 0 Å². The molecule has 26 heavy (non-hydrogen) atoms. The van der Waals surface area contributed by atoms with Crippen LogP contribution in [-0.4, -0.2) is 71.4 Å². The first kappa shape index (κ1) is 19.9. The molecule has 7 heteroatoms. The van der Waals surface area contributed by atoms with Crippen LogP contribution in [0.25, 0.3) is 0 Å². The van der Waals surface area contributed by atoms with Crippen LogP contribution in [0, 0.1) is 18.8 Å². The maximum atomic E-state index is 4.49. The first-order chi connectivity index (χ1) is 12.2. The highest BCUT2D eigenvalue weighted by Crippen LogP contribution is 2.46. The molecule has 1 aliphatic heterocycles. The van der Waals surface area contributed by atoms with Crippen molar-refractivity contribution < 1.29 is 0 Å². The molecule has 1 saturated heterocycles. The van der Waals surface area contributed by atoms with Crippen LogP contribution in [0.2, 0.25) is 0 Å². The van der Waals surface area contributed by atoms with Gasteiger partial charge in [0.15, 0.2) is 5.96 Å². The van der Waals surface area contributed by atoms with Crippen molar-refractivity contribution in [1.82, 2.24) is 24.9 Å². The van der Waals surface area contributed by atoms with E-state index in [4.69, 9.17) is 0 Å². The lowest BCUT2D eigenvalue weighted by Crippen LogP contribution is -2.55. The van der Waals surface area contributed by atoms with E-state index in [0.717, 1.165) is 50.0 Å². The summed E-state index contributed by atoms with van der Waals surface area (Å²) in [5.41, 5.74) is 1.21. The molecule has 1 aromatic heterocycles. The van der Waals surface area contributed by atoms with Crippen LogP contribution in [0.4, 0.5) is 0 Å². The fraction of sp³-hybridized carbons (Fsp3) is 0.789. The van der Waals surface area contributed by atoms with Crippen LogP contribution in [0.1, 0.15) is 31.2 Å². The van der Waals surface area contributed by atoms with Crippen molar-refractivity contribution >= 4 is 29.9 Å². The Morgan fingerprint density at radius 2 is 2.04 bits per heavy atom. The first-order valence-corrected chi connectivity index (χ1v) is 9.91. The number of halogens is 1. The SMILES string of the molecule is CN=C(NCCn1cc(C)cn1)N1CCN(C2CC3CCC2C3)CC1.I. The van der Waals surface area contributed by atoms with Gasteiger partial charge >= 0.3 is 0 Å². The van der Waals surface area contributed by atoms with Crippen molar-refractivity contribution in [2.24, 2.45) is 16.8 Å². The minimum absolute atomic E-state index is 0. The number of aromatic nitrogens is 2. The molecule has 0 aromatic carbocycles. The van der Waals surface area contributed by atoms with E-state index in [-0.39, 0.29) is 24.0 Å². The van der Waals surface area contributed by atoms with E-state index in [1.807, 2.05) is 17.9 Å². The zero-order valence-electron chi connectivity index (χ0n) is 16.1. The first-order valence-electron chi connectivity index (χ1n) is 9.91. The average molecular weight is 472 g/mol. The van der Waals surface area contributed by atoms with Crippen LogP contribution >= 0.6 is 24.0 Å². The van der Waals surface area contributed by atoms with E-state index in [1.54, 1.807) is 0 Å². The highest BCUT2D eigenvalue weighted by Gasteiger charge is 2.42. The zero-order valence-corrected chi connectivity index (χ0v) is 18.4. The van der Waals surface area contributed by atoms with Crippen LogP contribution in [0.3, 0.4) is 0 Å². The summed E-state index contributed by atoms with van der Waals surface area (Å²) in [6, 6.07) is 0.874. The third kappa shape index (κ3) is 4.35. The number of nitrogens with one attached hydrogen (secondary N) is 1. The number of hydrogen-bond acceptors (Lipinski definition) is 3. The number of rotatable bonds is 4. The third-order valence-electron chi connectivity index (χ3n) is 6.38. The van der Waals surface area contributed by atoms with Crippen molar-refractivity contribution in [2.75, 3.05) is 39.8 Å². The molecule has 2 saturated carbocycles. The lowest BCUT2D eigenvalue weighted by atomic mass is 9.93. The van der Waals surface area contributed by atoms with Gasteiger partial charge in [-0.15, -0.1) is 24.0 Å².